The van der Waals surface area contributed by atoms with Crippen LogP contribution >= 0.6 is 0 Å². The van der Waals surface area contributed by atoms with Crippen molar-refractivity contribution >= 4 is 11.8 Å². The van der Waals surface area contributed by atoms with E-state index in [1.54, 1.807) is 4.90 Å². The van der Waals surface area contributed by atoms with E-state index in [1.807, 2.05) is 0 Å². The standard InChI is InChI=1S/C18H33N3O2/c1-18(2,3)12-16(22)21-11-5-7-15(21)17(23)20-10-8-14-6-4-9-19-13-14/h14-15,19H,4-13H2,1-3H3,(H,20,23). The lowest BCUT2D eigenvalue weighted by Crippen LogP contribution is -2.47. The molecule has 2 unspecified atom stereocenters. The Labute approximate surface area is 140 Å². The number of nitrogens with one attached hydrogen (secondary N) is 2. The number of hydrogen-bond acceptors (Lipinski definition) is 3. The summed E-state index contributed by atoms with van der Waals surface area (Å²) < 4.78 is 0. The molecule has 0 aromatic heterocycles. The predicted molar refractivity (Wildman–Crippen MR) is 92.0 cm³/mol. The lowest BCUT2D eigenvalue weighted by Gasteiger charge is -2.28. The summed E-state index contributed by atoms with van der Waals surface area (Å²) in [5.74, 6) is 0.825. The summed E-state index contributed by atoms with van der Waals surface area (Å²) in [5.41, 5.74) is -0.0331. The van der Waals surface area contributed by atoms with Crippen molar-refractivity contribution in [3.8, 4) is 0 Å². The zero-order chi connectivity index (χ0) is 16.9. The molecular weight excluding hydrogens is 290 g/mol. The fourth-order valence-electron chi connectivity index (χ4n) is 3.58. The van der Waals surface area contributed by atoms with Crippen LogP contribution in [0.2, 0.25) is 0 Å². The molecule has 0 bridgehead atoms. The van der Waals surface area contributed by atoms with Crippen molar-refractivity contribution in [3.05, 3.63) is 0 Å². The maximum absolute atomic E-state index is 12.4. The summed E-state index contributed by atoms with van der Waals surface area (Å²) in [4.78, 5) is 26.7. The summed E-state index contributed by atoms with van der Waals surface area (Å²) in [6.07, 6.45) is 5.75. The summed E-state index contributed by atoms with van der Waals surface area (Å²) in [6, 6.07) is -0.255. The largest absolute Gasteiger partial charge is 0.354 e. The van der Waals surface area contributed by atoms with Crippen LogP contribution in [0, 0.1) is 11.3 Å². The molecule has 0 radical (unpaired) electrons. The number of amides is 2. The predicted octanol–water partition coefficient (Wildman–Crippen LogP) is 1.92. The highest BCUT2D eigenvalue weighted by Crippen LogP contribution is 2.25. The number of nitrogens with zero attached hydrogens (tertiary/aromatic N) is 1. The molecule has 0 aromatic carbocycles. The van der Waals surface area contributed by atoms with Gasteiger partial charge in [-0.25, -0.2) is 0 Å². The topological polar surface area (TPSA) is 61.4 Å². The van der Waals surface area contributed by atoms with E-state index in [2.05, 4.69) is 31.4 Å². The number of carbonyl (C=O) groups is 2. The van der Waals surface area contributed by atoms with Gasteiger partial charge in [-0.15, -0.1) is 0 Å². The van der Waals surface area contributed by atoms with E-state index in [0.29, 0.717) is 12.3 Å². The van der Waals surface area contributed by atoms with E-state index in [0.717, 1.165) is 45.4 Å². The first-order valence-corrected chi connectivity index (χ1v) is 9.15. The van der Waals surface area contributed by atoms with Crippen LogP contribution in [-0.2, 0) is 9.59 Å². The van der Waals surface area contributed by atoms with Crippen molar-refractivity contribution in [2.24, 2.45) is 11.3 Å². The molecule has 0 aromatic rings. The molecule has 2 aliphatic heterocycles. The van der Waals surface area contributed by atoms with E-state index in [1.165, 1.54) is 12.8 Å². The molecular formula is C18H33N3O2. The second-order valence-electron chi connectivity index (χ2n) is 8.27. The molecule has 0 aliphatic carbocycles. The Kier molecular flexibility index (Phi) is 6.45. The van der Waals surface area contributed by atoms with Crippen LogP contribution in [0.15, 0.2) is 0 Å². The molecule has 2 saturated heterocycles. The van der Waals surface area contributed by atoms with Gasteiger partial charge in [0.1, 0.15) is 6.04 Å². The Morgan fingerprint density at radius 3 is 2.65 bits per heavy atom. The molecule has 0 saturated carbocycles. The van der Waals surface area contributed by atoms with Crippen LogP contribution in [0.3, 0.4) is 0 Å². The SMILES string of the molecule is CC(C)(C)CC(=O)N1CCCC1C(=O)NCCC1CCCNC1. The van der Waals surface area contributed by atoms with Crippen molar-refractivity contribution in [3.63, 3.8) is 0 Å². The zero-order valence-corrected chi connectivity index (χ0v) is 15.0. The van der Waals surface area contributed by atoms with Gasteiger partial charge in [-0.05, 0) is 56.5 Å². The number of likely N-dealkylation sites (tertiary alicyclic amines) is 1. The van der Waals surface area contributed by atoms with Crippen LogP contribution in [0.5, 0.6) is 0 Å². The van der Waals surface area contributed by atoms with Crippen LogP contribution in [-0.4, -0.2) is 48.9 Å². The maximum atomic E-state index is 12.4. The number of piperidine rings is 1. The molecule has 2 N–H and O–H groups in total. The minimum absolute atomic E-state index is 0.0331. The lowest BCUT2D eigenvalue weighted by molar-refractivity contribution is -0.139. The van der Waals surface area contributed by atoms with Crippen molar-refractivity contribution in [2.45, 2.75) is 65.3 Å². The lowest BCUT2D eigenvalue weighted by atomic mass is 9.91. The molecule has 2 amide bonds. The van der Waals surface area contributed by atoms with Gasteiger partial charge in [0.15, 0.2) is 0 Å². The molecule has 132 valence electrons. The van der Waals surface area contributed by atoms with Crippen LogP contribution < -0.4 is 10.6 Å². The third-order valence-corrected chi connectivity index (χ3v) is 4.81. The van der Waals surface area contributed by atoms with Gasteiger partial charge in [-0.1, -0.05) is 20.8 Å². The molecule has 23 heavy (non-hydrogen) atoms. The number of carbonyl (C=O) groups excluding carboxylic acids is 2. The second-order valence-corrected chi connectivity index (χ2v) is 8.27. The van der Waals surface area contributed by atoms with Gasteiger partial charge in [0.05, 0.1) is 0 Å². The number of rotatable bonds is 5. The van der Waals surface area contributed by atoms with Gasteiger partial charge >= 0.3 is 0 Å². The Morgan fingerprint density at radius 2 is 2.00 bits per heavy atom. The van der Waals surface area contributed by atoms with Crippen LogP contribution in [0.1, 0.15) is 59.3 Å². The fourth-order valence-corrected chi connectivity index (χ4v) is 3.58. The minimum atomic E-state index is -0.255. The van der Waals surface area contributed by atoms with E-state index in [4.69, 9.17) is 0 Å². The zero-order valence-electron chi connectivity index (χ0n) is 15.0. The minimum Gasteiger partial charge on any atom is -0.354 e. The van der Waals surface area contributed by atoms with Crippen molar-refractivity contribution in [1.82, 2.24) is 15.5 Å². The highest BCUT2D eigenvalue weighted by atomic mass is 16.2. The van der Waals surface area contributed by atoms with Gasteiger partial charge in [0.25, 0.3) is 0 Å². The van der Waals surface area contributed by atoms with Gasteiger partial charge in [0.2, 0.25) is 11.8 Å². The molecule has 2 aliphatic rings. The van der Waals surface area contributed by atoms with E-state index >= 15 is 0 Å². The molecule has 2 rings (SSSR count). The Morgan fingerprint density at radius 1 is 1.22 bits per heavy atom. The highest BCUT2D eigenvalue weighted by Gasteiger charge is 2.35. The summed E-state index contributed by atoms with van der Waals surface area (Å²) >= 11 is 0. The molecule has 0 spiro atoms. The van der Waals surface area contributed by atoms with Crippen LogP contribution in [0.4, 0.5) is 0 Å². The first kappa shape index (κ1) is 18.2. The summed E-state index contributed by atoms with van der Waals surface area (Å²) in [6.45, 7) is 9.82. The van der Waals surface area contributed by atoms with Crippen molar-refractivity contribution in [1.29, 1.82) is 0 Å². The third kappa shape index (κ3) is 5.79. The molecule has 2 fully saturated rings. The first-order chi connectivity index (χ1) is 10.9. The quantitative estimate of drug-likeness (QED) is 0.812. The third-order valence-electron chi connectivity index (χ3n) is 4.81. The normalized spacial score (nSPS) is 25.4. The van der Waals surface area contributed by atoms with Gasteiger partial charge in [-0.2, -0.15) is 0 Å². The Bertz CT molecular complexity index is 411. The van der Waals surface area contributed by atoms with Gasteiger partial charge < -0.3 is 15.5 Å². The maximum Gasteiger partial charge on any atom is 0.242 e. The van der Waals surface area contributed by atoms with Crippen molar-refractivity contribution in [2.75, 3.05) is 26.2 Å². The monoisotopic (exact) mass is 323 g/mol. The molecule has 2 atom stereocenters. The molecule has 5 nitrogen and oxygen atoms in total. The van der Waals surface area contributed by atoms with E-state index < -0.39 is 0 Å². The average molecular weight is 323 g/mol. The molecule has 2 heterocycles. The van der Waals surface area contributed by atoms with E-state index in [-0.39, 0.29) is 23.3 Å². The highest BCUT2D eigenvalue weighted by molar-refractivity contribution is 5.88. The van der Waals surface area contributed by atoms with Crippen molar-refractivity contribution < 1.29 is 9.59 Å². The fraction of sp³-hybridized carbons (Fsp3) is 0.889. The van der Waals surface area contributed by atoms with E-state index in [9.17, 15) is 9.59 Å². The van der Waals surface area contributed by atoms with Gasteiger partial charge in [-0.3, -0.25) is 9.59 Å². The summed E-state index contributed by atoms with van der Waals surface area (Å²) in [7, 11) is 0. The van der Waals surface area contributed by atoms with Gasteiger partial charge in [0, 0.05) is 19.5 Å². The Balaban J connectivity index is 1.77. The Hall–Kier alpha value is -1.10. The summed E-state index contributed by atoms with van der Waals surface area (Å²) in [5, 5.41) is 6.47. The second kappa shape index (κ2) is 8.13. The first-order valence-electron chi connectivity index (χ1n) is 9.15. The molecule has 5 heteroatoms. The smallest absolute Gasteiger partial charge is 0.242 e. The average Bonchev–Trinajstić information content (AvgIpc) is 2.96. The van der Waals surface area contributed by atoms with Crippen LogP contribution in [0.25, 0.3) is 0 Å². The number of hydrogen-bond donors (Lipinski definition) is 2.